The fourth-order valence-corrected chi connectivity index (χ4v) is 2.80. The molecule has 120 valence electrons. The van der Waals surface area contributed by atoms with E-state index in [0.29, 0.717) is 23.4 Å². The molecule has 9 heteroatoms. The Morgan fingerprint density at radius 3 is 2.91 bits per heavy atom. The maximum Gasteiger partial charge on any atom is 0.276 e. The number of nitrogens with zero attached hydrogens (tertiary/aromatic N) is 2. The highest BCUT2D eigenvalue weighted by atomic mass is 32.2. The number of rotatable bonds is 8. The Morgan fingerprint density at radius 2 is 2.18 bits per heavy atom. The second kappa shape index (κ2) is 7.61. The lowest BCUT2D eigenvalue weighted by Gasteiger charge is -2.03. The molecule has 2 rings (SSSR count). The third-order valence-electron chi connectivity index (χ3n) is 2.49. The molecule has 0 spiro atoms. The molecule has 0 saturated carbocycles. The summed E-state index contributed by atoms with van der Waals surface area (Å²) >= 11 is 1.28. The Kier molecular flexibility index (Phi) is 5.81. The van der Waals surface area contributed by atoms with Gasteiger partial charge in [-0.2, -0.15) is 0 Å². The summed E-state index contributed by atoms with van der Waals surface area (Å²) in [4.78, 5) is 0. The molecule has 0 fully saturated rings. The molecule has 0 amide bonds. The largest absolute Gasteiger partial charge is 0.484 e. The summed E-state index contributed by atoms with van der Waals surface area (Å²) in [7, 11) is -3.17. The SMILES string of the molecule is Cc1cccc(OCc2nnc(SCCNS(C)(=O)=O)o2)c1. The number of thioether (sulfide) groups is 1. The van der Waals surface area contributed by atoms with E-state index in [1.165, 1.54) is 11.8 Å². The fourth-order valence-electron chi connectivity index (χ4n) is 1.57. The molecule has 0 aliphatic carbocycles. The van der Waals surface area contributed by atoms with E-state index in [0.717, 1.165) is 17.6 Å². The minimum atomic E-state index is -3.17. The summed E-state index contributed by atoms with van der Waals surface area (Å²) in [6.07, 6.45) is 1.12. The highest BCUT2D eigenvalue weighted by molar-refractivity contribution is 7.99. The molecular weight excluding hydrogens is 326 g/mol. The Hall–Kier alpha value is -1.58. The third-order valence-corrected chi connectivity index (χ3v) is 4.04. The van der Waals surface area contributed by atoms with Gasteiger partial charge in [0, 0.05) is 12.3 Å². The smallest absolute Gasteiger partial charge is 0.276 e. The van der Waals surface area contributed by atoms with Crippen LogP contribution in [0.3, 0.4) is 0 Å². The molecule has 1 N–H and O–H groups in total. The van der Waals surface area contributed by atoms with E-state index in [2.05, 4.69) is 14.9 Å². The summed E-state index contributed by atoms with van der Waals surface area (Å²) in [5, 5.41) is 8.14. The van der Waals surface area contributed by atoms with E-state index >= 15 is 0 Å². The van der Waals surface area contributed by atoms with E-state index in [1.54, 1.807) is 0 Å². The van der Waals surface area contributed by atoms with Crippen LogP contribution in [0.1, 0.15) is 11.5 Å². The Bertz CT molecular complexity index is 716. The van der Waals surface area contributed by atoms with Crippen LogP contribution in [0.4, 0.5) is 0 Å². The van der Waals surface area contributed by atoms with Crippen LogP contribution in [0.25, 0.3) is 0 Å². The number of hydrogen-bond donors (Lipinski definition) is 1. The van der Waals surface area contributed by atoms with Crippen molar-refractivity contribution in [1.29, 1.82) is 0 Å². The zero-order chi connectivity index (χ0) is 16.0. The highest BCUT2D eigenvalue weighted by Crippen LogP contribution is 2.17. The van der Waals surface area contributed by atoms with E-state index in [9.17, 15) is 8.42 Å². The van der Waals surface area contributed by atoms with Crippen LogP contribution in [0.15, 0.2) is 33.9 Å². The molecule has 0 bridgehead atoms. The summed E-state index contributed by atoms with van der Waals surface area (Å²) in [5.41, 5.74) is 1.11. The first-order valence-electron chi connectivity index (χ1n) is 6.52. The minimum Gasteiger partial charge on any atom is -0.484 e. The number of benzene rings is 1. The van der Waals surface area contributed by atoms with Gasteiger partial charge in [-0.25, -0.2) is 13.1 Å². The van der Waals surface area contributed by atoms with Gasteiger partial charge in [0.1, 0.15) is 5.75 Å². The number of sulfonamides is 1. The number of nitrogens with one attached hydrogen (secondary N) is 1. The van der Waals surface area contributed by atoms with Gasteiger partial charge in [0.2, 0.25) is 10.0 Å². The average molecular weight is 343 g/mol. The number of aromatic nitrogens is 2. The van der Waals surface area contributed by atoms with Gasteiger partial charge < -0.3 is 9.15 Å². The van der Waals surface area contributed by atoms with Gasteiger partial charge in [0.05, 0.1) is 6.26 Å². The molecule has 0 atom stereocenters. The van der Waals surface area contributed by atoms with Crippen LogP contribution in [0.5, 0.6) is 5.75 Å². The van der Waals surface area contributed by atoms with E-state index in [4.69, 9.17) is 9.15 Å². The molecule has 7 nitrogen and oxygen atoms in total. The Labute approximate surface area is 133 Å². The van der Waals surface area contributed by atoms with Crippen molar-refractivity contribution in [2.45, 2.75) is 18.8 Å². The van der Waals surface area contributed by atoms with Gasteiger partial charge in [-0.15, -0.1) is 10.2 Å². The lowest BCUT2D eigenvalue weighted by Crippen LogP contribution is -2.24. The summed E-state index contributed by atoms with van der Waals surface area (Å²) in [5.74, 6) is 1.62. The average Bonchev–Trinajstić information content (AvgIpc) is 2.88. The predicted molar refractivity (Wildman–Crippen MR) is 83.4 cm³/mol. The zero-order valence-corrected chi connectivity index (χ0v) is 13.9. The maximum absolute atomic E-state index is 10.9. The number of aryl methyl sites for hydroxylation is 1. The van der Waals surface area contributed by atoms with Gasteiger partial charge in [-0.05, 0) is 24.6 Å². The standard InChI is InChI=1S/C13H17N3O4S2/c1-10-4-3-5-11(8-10)19-9-12-15-16-13(20-12)21-7-6-14-22(2,17)18/h3-5,8,14H,6-7,9H2,1-2H3. The third kappa shape index (κ3) is 6.04. The molecule has 0 unspecified atom stereocenters. The monoisotopic (exact) mass is 343 g/mol. The number of ether oxygens (including phenoxy) is 1. The first-order chi connectivity index (χ1) is 10.4. The van der Waals surface area contributed by atoms with Gasteiger partial charge in [-0.3, -0.25) is 0 Å². The molecular formula is C13H17N3O4S2. The summed E-state index contributed by atoms with van der Waals surface area (Å²) in [6, 6.07) is 7.67. The first-order valence-corrected chi connectivity index (χ1v) is 9.39. The lowest BCUT2D eigenvalue weighted by atomic mass is 10.2. The quantitative estimate of drug-likeness (QED) is 0.574. The lowest BCUT2D eigenvalue weighted by molar-refractivity contribution is 0.252. The molecule has 1 aromatic carbocycles. The van der Waals surface area contributed by atoms with Gasteiger partial charge in [0.15, 0.2) is 6.61 Å². The fraction of sp³-hybridized carbons (Fsp3) is 0.385. The highest BCUT2D eigenvalue weighted by Gasteiger charge is 2.08. The molecule has 1 heterocycles. The van der Waals surface area contributed by atoms with Crippen LogP contribution >= 0.6 is 11.8 Å². The van der Waals surface area contributed by atoms with Crippen molar-refractivity contribution in [3.63, 3.8) is 0 Å². The van der Waals surface area contributed by atoms with E-state index in [-0.39, 0.29) is 6.61 Å². The molecule has 22 heavy (non-hydrogen) atoms. The Morgan fingerprint density at radius 1 is 1.36 bits per heavy atom. The van der Waals surface area contributed by atoms with Crippen molar-refractivity contribution in [3.8, 4) is 5.75 Å². The van der Waals surface area contributed by atoms with Crippen molar-refractivity contribution in [3.05, 3.63) is 35.7 Å². The summed E-state index contributed by atoms with van der Waals surface area (Å²) in [6.45, 7) is 2.48. The predicted octanol–water partition coefficient (Wildman–Crippen LogP) is 1.60. The van der Waals surface area contributed by atoms with Crippen LogP contribution in [0, 0.1) is 6.92 Å². The first kappa shape index (κ1) is 16.8. The zero-order valence-electron chi connectivity index (χ0n) is 12.3. The Balaban J connectivity index is 1.76. The van der Waals surface area contributed by atoms with Crippen LogP contribution < -0.4 is 9.46 Å². The minimum absolute atomic E-state index is 0.193. The van der Waals surface area contributed by atoms with Crippen molar-refractivity contribution < 1.29 is 17.6 Å². The number of hydrogen-bond acceptors (Lipinski definition) is 7. The topological polar surface area (TPSA) is 94.3 Å². The second-order valence-corrected chi connectivity index (χ2v) is 7.46. The molecule has 0 aliphatic heterocycles. The van der Waals surface area contributed by atoms with E-state index < -0.39 is 10.0 Å². The van der Waals surface area contributed by atoms with E-state index in [1.807, 2.05) is 31.2 Å². The van der Waals surface area contributed by atoms with Crippen LogP contribution in [-0.2, 0) is 16.6 Å². The van der Waals surface area contributed by atoms with Crippen molar-refractivity contribution in [2.75, 3.05) is 18.6 Å². The molecule has 2 aromatic rings. The van der Waals surface area contributed by atoms with Crippen LogP contribution in [-0.4, -0.2) is 37.2 Å². The van der Waals surface area contributed by atoms with Gasteiger partial charge >= 0.3 is 0 Å². The van der Waals surface area contributed by atoms with Crippen LogP contribution in [0.2, 0.25) is 0 Å². The molecule has 1 aromatic heterocycles. The van der Waals surface area contributed by atoms with Crippen molar-refractivity contribution >= 4 is 21.8 Å². The normalized spacial score (nSPS) is 11.5. The molecule has 0 aliphatic rings. The second-order valence-electron chi connectivity index (χ2n) is 4.58. The van der Waals surface area contributed by atoms with Gasteiger partial charge in [0.25, 0.3) is 11.1 Å². The maximum atomic E-state index is 10.9. The molecule has 0 saturated heterocycles. The molecule has 0 radical (unpaired) electrons. The van der Waals surface area contributed by atoms with Crippen molar-refractivity contribution in [1.82, 2.24) is 14.9 Å². The van der Waals surface area contributed by atoms with Gasteiger partial charge in [-0.1, -0.05) is 23.9 Å². The summed E-state index contributed by atoms with van der Waals surface area (Å²) < 4.78 is 35.2. The van der Waals surface area contributed by atoms with Crippen molar-refractivity contribution in [2.24, 2.45) is 0 Å².